The molecule has 3 nitrogen and oxygen atoms in total. The Morgan fingerprint density at radius 1 is 1.43 bits per heavy atom. The largest absolute Gasteiger partial charge is 0.394 e. The summed E-state index contributed by atoms with van der Waals surface area (Å²) >= 11 is 1.91. The van der Waals surface area contributed by atoms with Crippen LogP contribution in [0, 0.1) is 0 Å². The van der Waals surface area contributed by atoms with Gasteiger partial charge < -0.3 is 15.5 Å². The van der Waals surface area contributed by atoms with Gasteiger partial charge in [-0.3, -0.25) is 0 Å². The molecule has 1 rings (SSSR count). The fraction of sp³-hybridized carbons (Fsp3) is 1.00. The van der Waals surface area contributed by atoms with Gasteiger partial charge in [0.1, 0.15) is 0 Å². The lowest BCUT2D eigenvalue weighted by Crippen LogP contribution is -2.44. The predicted molar refractivity (Wildman–Crippen MR) is 60.7 cm³/mol. The fourth-order valence-corrected chi connectivity index (χ4v) is 2.93. The van der Waals surface area contributed by atoms with Gasteiger partial charge in [0.25, 0.3) is 0 Å². The highest BCUT2D eigenvalue weighted by atomic mass is 32.2. The maximum atomic E-state index is 9.23. The first-order valence-corrected chi connectivity index (χ1v) is 6.61. The van der Waals surface area contributed by atoms with Crippen LogP contribution in [-0.4, -0.2) is 47.0 Å². The number of hydrogen-bond donors (Lipinski definition) is 3. The normalized spacial score (nSPS) is 30.2. The topological polar surface area (TPSA) is 52.5 Å². The Morgan fingerprint density at radius 3 is 2.79 bits per heavy atom. The molecule has 1 saturated carbocycles. The minimum Gasteiger partial charge on any atom is -0.394 e. The van der Waals surface area contributed by atoms with Crippen molar-refractivity contribution in [3.63, 3.8) is 0 Å². The molecule has 0 saturated heterocycles. The Morgan fingerprint density at radius 2 is 2.14 bits per heavy atom. The molecule has 0 bridgehead atoms. The summed E-state index contributed by atoms with van der Waals surface area (Å²) < 4.78 is 0. The first-order chi connectivity index (χ1) is 6.77. The number of hydrogen-bond acceptors (Lipinski definition) is 4. The van der Waals surface area contributed by atoms with Crippen LogP contribution in [0.3, 0.4) is 0 Å². The van der Waals surface area contributed by atoms with Gasteiger partial charge in [0.15, 0.2) is 0 Å². The van der Waals surface area contributed by atoms with Crippen LogP contribution in [0.5, 0.6) is 0 Å². The second-order valence-corrected chi connectivity index (χ2v) is 4.99. The van der Waals surface area contributed by atoms with Crippen LogP contribution in [0.4, 0.5) is 0 Å². The van der Waals surface area contributed by atoms with Gasteiger partial charge in [0.2, 0.25) is 0 Å². The van der Waals surface area contributed by atoms with E-state index in [1.54, 1.807) is 0 Å². The average Bonchev–Trinajstić information content (AvgIpc) is 2.26. The minimum absolute atomic E-state index is 0.149. The van der Waals surface area contributed by atoms with Crippen LogP contribution in [0.1, 0.15) is 25.7 Å². The van der Waals surface area contributed by atoms with Crippen molar-refractivity contribution in [1.82, 2.24) is 5.32 Å². The molecule has 3 atom stereocenters. The highest BCUT2D eigenvalue weighted by Crippen LogP contribution is 2.26. The monoisotopic (exact) mass is 219 g/mol. The van der Waals surface area contributed by atoms with Crippen molar-refractivity contribution in [1.29, 1.82) is 0 Å². The van der Waals surface area contributed by atoms with Crippen LogP contribution in [0.25, 0.3) is 0 Å². The zero-order valence-corrected chi connectivity index (χ0v) is 9.59. The summed E-state index contributed by atoms with van der Waals surface area (Å²) in [6.07, 6.45) is 6.61. The van der Waals surface area contributed by atoms with E-state index >= 15 is 0 Å². The molecular formula is C10H21NO2S. The second-order valence-electron chi connectivity index (χ2n) is 3.91. The maximum Gasteiger partial charge on any atom is 0.0895 e. The molecule has 0 aromatic rings. The first-order valence-electron chi connectivity index (χ1n) is 5.33. The molecule has 0 spiro atoms. The Kier molecular flexibility index (Phi) is 5.86. The van der Waals surface area contributed by atoms with Crippen molar-refractivity contribution >= 4 is 11.8 Å². The van der Waals surface area contributed by atoms with E-state index in [-0.39, 0.29) is 6.61 Å². The van der Waals surface area contributed by atoms with E-state index < -0.39 is 6.10 Å². The van der Waals surface area contributed by atoms with E-state index in [0.717, 1.165) is 0 Å². The van der Waals surface area contributed by atoms with Crippen LogP contribution < -0.4 is 5.32 Å². The zero-order valence-electron chi connectivity index (χ0n) is 8.78. The lowest BCUT2D eigenvalue weighted by Gasteiger charge is -2.31. The lowest BCUT2D eigenvalue weighted by molar-refractivity contribution is 0.0907. The molecule has 3 N–H and O–H groups in total. The van der Waals surface area contributed by atoms with E-state index in [0.29, 0.717) is 17.8 Å². The van der Waals surface area contributed by atoms with Gasteiger partial charge in [-0.2, -0.15) is 11.8 Å². The maximum absolute atomic E-state index is 9.23. The van der Waals surface area contributed by atoms with E-state index in [1.807, 2.05) is 11.8 Å². The predicted octanol–water partition coefficient (Wildman–Crippen LogP) is 0.603. The van der Waals surface area contributed by atoms with Gasteiger partial charge >= 0.3 is 0 Å². The minimum atomic E-state index is -0.612. The number of nitrogens with one attached hydrogen (secondary N) is 1. The van der Waals surface area contributed by atoms with Crippen LogP contribution in [0.2, 0.25) is 0 Å². The molecule has 0 heterocycles. The summed E-state index contributed by atoms with van der Waals surface area (Å²) in [6, 6.07) is 0.514. The molecule has 0 aliphatic heterocycles. The lowest BCUT2D eigenvalue weighted by atomic mass is 9.95. The van der Waals surface area contributed by atoms with E-state index in [1.165, 1.54) is 25.7 Å². The fourth-order valence-electron chi connectivity index (χ4n) is 1.96. The molecule has 0 amide bonds. The molecule has 1 aliphatic rings. The molecule has 1 aliphatic carbocycles. The molecular weight excluding hydrogens is 198 g/mol. The van der Waals surface area contributed by atoms with Crippen LogP contribution in [0.15, 0.2) is 0 Å². The summed E-state index contributed by atoms with van der Waals surface area (Å²) in [4.78, 5) is 0. The van der Waals surface area contributed by atoms with Crippen molar-refractivity contribution in [2.75, 3.05) is 19.4 Å². The summed E-state index contributed by atoms with van der Waals surface area (Å²) in [5.41, 5.74) is 0. The van der Waals surface area contributed by atoms with E-state index in [4.69, 9.17) is 5.11 Å². The van der Waals surface area contributed by atoms with Crippen molar-refractivity contribution in [2.45, 2.75) is 43.1 Å². The van der Waals surface area contributed by atoms with Gasteiger partial charge in [-0.1, -0.05) is 12.8 Å². The van der Waals surface area contributed by atoms with Crippen molar-refractivity contribution < 1.29 is 10.2 Å². The Hall–Kier alpha value is 0.230. The molecule has 3 unspecified atom stereocenters. The first kappa shape index (κ1) is 12.3. The van der Waals surface area contributed by atoms with Crippen molar-refractivity contribution in [2.24, 2.45) is 0 Å². The Balaban J connectivity index is 2.26. The van der Waals surface area contributed by atoms with Gasteiger partial charge in [-0.25, -0.2) is 0 Å². The third-order valence-corrected chi connectivity index (χ3v) is 4.00. The van der Waals surface area contributed by atoms with Gasteiger partial charge in [-0.15, -0.1) is 0 Å². The smallest absolute Gasteiger partial charge is 0.0895 e. The highest BCUT2D eigenvalue weighted by molar-refractivity contribution is 7.99. The molecule has 14 heavy (non-hydrogen) atoms. The molecule has 0 aromatic heterocycles. The SMILES string of the molecule is CSC1CCCCC1NCC(O)CO. The van der Waals surface area contributed by atoms with E-state index in [2.05, 4.69) is 11.6 Å². The zero-order chi connectivity index (χ0) is 10.4. The van der Waals surface area contributed by atoms with Crippen molar-refractivity contribution in [3.8, 4) is 0 Å². The number of aliphatic hydroxyl groups is 2. The van der Waals surface area contributed by atoms with Crippen LogP contribution in [-0.2, 0) is 0 Å². The molecule has 84 valence electrons. The summed E-state index contributed by atoms with van der Waals surface area (Å²) in [6.45, 7) is 0.363. The highest BCUT2D eigenvalue weighted by Gasteiger charge is 2.23. The third-order valence-electron chi connectivity index (χ3n) is 2.83. The van der Waals surface area contributed by atoms with Crippen molar-refractivity contribution in [3.05, 3.63) is 0 Å². The number of rotatable bonds is 5. The van der Waals surface area contributed by atoms with Gasteiger partial charge in [-0.05, 0) is 19.1 Å². The summed E-state index contributed by atoms with van der Waals surface area (Å²) in [5.74, 6) is 0. The Bertz CT molecular complexity index is 157. The number of aliphatic hydroxyl groups excluding tert-OH is 2. The third kappa shape index (κ3) is 3.77. The number of thioether (sulfide) groups is 1. The quantitative estimate of drug-likeness (QED) is 0.634. The molecule has 4 heteroatoms. The molecule has 0 aromatic carbocycles. The average molecular weight is 219 g/mol. The summed E-state index contributed by atoms with van der Waals surface area (Å²) in [7, 11) is 0. The molecule has 0 radical (unpaired) electrons. The Labute approximate surface area is 90.3 Å². The van der Waals surface area contributed by atoms with Crippen LogP contribution >= 0.6 is 11.8 Å². The van der Waals surface area contributed by atoms with Gasteiger partial charge in [0, 0.05) is 17.8 Å². The second kappa shape index (κ2) is 6.67. The molecule has 1 fully saturated rings. The van der Waals surface area contributed by atoms with Gasteiger partial charge in [0.05, 0.1) is 12.7 Å². The summed E-state index contributed by atoms with van der Waals surface area (Å²) in [5, 5.41) is 21.9. The van der Waals surface area contributed by atoms with E-state index in [9.17, 15) is 5.11 Å². The standard InChI is InChI=1S/C10H21NO2S/c1-14-10-5-3-2-4-9(10)11-6-8(13)7-12/h8-13H,2-7H2,1H3.